The number of benzene rings is 2. The first-order valence-corrected chi connectivity index (χ1v) is 6.97. The summed E-state index contributed by atoms with van der Waals surface area (Å²) in [6.45, 7) is 0. The van der Waals surface area contributed by atoms with Crippen molar-refractivity contribution in [2.75, 3.05) is 5.32 Å². The van der Waals surface area contributed by atoms with Crippen LogP contribution in [0.2, 0.25) is 10.0 Å². The molecule has 0 radical (unpaired) electrons. The first-order chi connectivity index (χ1) is 10.5. The lowest BCUT2D eigenvalue weighted by atomic mass is 10.1. The van der Waals surface area contributed by atoms with Crippen LogP contribution in [0.4, 0.5) is 5.69 Å². The number of carbonyl (C=O) groups excluding carboxylic acids is 3. The van der Waals surface area contributed by atoms with Gasteiger partial charge in [0.05, 0.1) is 21.2 Å². The maximum absolute atomic E-state index is 12.1. The SMILES string of the molecule is O=C(Nc1ccc2c(c1)C(=O)NC2=O)c1ccc(Cl)c(Cl)c1. The smallest absolute Gasteiger partial charge is 0.259 e. The van der Waals surface area contributed by atoms with Crippen LogP contribution in [0.25, 0.3) is 0 Å². The molecular formula is C15H8Cl2N2O3. The number of fused-ring (bicyclic) bond motifs is 1. The average Bonchev–Trinajstić information content (AvgIpc) is 2.76. The molecule has 0 aromatic heterocycles. The van der Waals surface area contributed by atoms with E-state index in [9.17, 15) is 14.4 Å². The minimum Gasteiger partial charge on any atom is -0.322 e. The fourth-order valence-corrected chi connectivity index (χ4v) is 2.38. The molecule has 0 fully saturated rings. The highest BCUT2D eigenvalue weighted by Gasteiger charge is 2.26. The third-order valence-electron chi connectivity index (χ3n) is 3.18. The standard InChI is InChI=1S/C15H8Cl2N2O3/c16-11-4-1-7(5-12(11)17)13(20)18-8-2-3-9-10(6-8)15(22)19-14(9)21/h1-6H,(H,18,20)(H,19,21,22). The van der Waals surface area contributed by atoms with E-state index in [4.69, 9.17) is 23.2 Å². The molecule has 2 aromatic rings. The van der Waals surface area contributed by atoms with Crippen LogP contribution in [0.15, 0.2) is 36.4 Å². The van der Waals surface area contributed by atoms with E-state index in [2.05, 4.69) is 10.6 Å². The van der Waals surface area contributed by atoms with Gasteiger partial charge in [-0.05, 0) is 36.4 Å². The van der Waals surface area contributed by atoms with Gasteiger partial charge >= 0.3 is 0 Å². The van der Waals surface area contributed by atoms with Crippen LogP contribution in [0.5, 0.6) is 0 Å². The van der Waals surface area contributed by atoms with Crippen LogP contribution < -0.4 is 10.6 Å². The minimum absolute atomic E-state index is 0.233. The van der Waals surface area contributed by atoms with Gasteiger partial charge in [0.1, 0.15) is 0 Å². The third-order valence-corrected chi connectivity index (χ3v) is 3.91. The van der Waals surface area contributed by atoms with Crippen LogP contribution in [-0.4, -0.2) is 17.7 Å². The van der Waals surface area contributed by atoms with Gasteiger partial charge in [0, 0.05) is 11.3 Å². The van der Waals surface area contributed by atoms with Gasteiger partial charge in [-0.25, -0.2) is 0 Å². The van der Waals surface area contributed by atoms with E-state index in [-0.39, 0.29) is 16.1 Å². The second kappa shape index (κ2) is 5.44. The molecule has 0 saturated carbocycles. The molecule has 1 aliphatic heterocycles. The van der Waals surface area contributed by atoms with Crippen molar-refractivity contribution < 1.29 is 14.4 Å². The maximum atomic E-state index is 12.1. The summed E-state index contributed by atoms with van der Waals surface area (Å²) in [5.74, 6) is -1.32. The Hall–Kier alpha value is -2.37. The zero-order valence-electron chi connectivity index (χ0n) is 10.9. The highest BCUT2D eigenvalue weighted by molar-refractivity contribution is 6.42. The predicted molar refractivity (Wildman–Crippen MR) is 82.7 cm³/mol. The van der Waals surface area contributed by atoms with Gasteiger partial charge in [-0.1, -0.05) is 23.2 Å². The highest BCUT2D eigenvalue weighted by Crippen LogP contribution is 2.24. The molecule has 3 rings (SSSR count). The summed E-state index contributed by atoms with van der Waals surface area (Å²) in [6, 6.07) is 8.99. The number of hydrogen-bond donors (Lipinski definition) is 2. The van der Waals surface area contributed by atoms with Gasteiger partial charge in [-0.3, -0.25) is 19.7 Å². The Bertz CT molecular complexity index is 834. The molecule has 0 saturated heterocycles. The average molecular weight is 335 g/mol. The Morgan fingerprint density at radius 1 is 0.909 bits per heavy atom. The zero-order chi connectivity index (χ0) is 15.9. The van der Waals surface area contributed by atoms with E-state index in [1.807, 2.05) is 0 Å². The van der Waals surface area contributed by atoms with Crippen molar-refractivity contribution in [1.82, 2.24) is 5.32 Å². The summed E-state index contributed by atoms with van der Waals surface area (Å²) in [4.78, 5) is 35.2. The predicted octanol–water partition coefficient (Wildman–Crippen LogP) is 3.13. The van der Waals surface area contributed by atoms with Crippen LogP contribution in [0.3, 0.4) is 0 Å². The number of carbonyl (C=O) groups is 3. The summed E-state index contributed by atoms with van der Waals surface area (Å²) >= 11 is 11.7. The van der Waals surface area contributed by atoms with Gasteiger partial charge in [0.25, 0.3) is 17.7 Å². The zero-order valence-corrected chi connectivity index (χ0v) is 12.5. The lowest BCUT2D eigenvalue weighted by Crippen LogP contribution is -2.19. The molecule has 2 N–H and O–H groups in total. The number of amides is 3. The molecular weight excluding hydrogens is 327 g/mol. The van der Waals surface area contributed by atoms with E-state index in [1.165, 1.54) is 30.3 Å². The lowest BCUT2D eigenvalue weighted by Gasteiger charge is -2.07. The summed E-state index contributed by atoms with van der Waals surface area (Å²) in [5.41, 5.74) is 1.25. The first kappa shape index (κ1) is 14.6. The topological polar surface area (TPSA) is 75.3 Å². The molecule has 110 valence electrons. The largest absolute Gasteiger partial charge is 0.322 e. The number of nitrogens with one attached hydrogen (secondary N) is 2. The summed E-state index contributed by atoms with van der Waals surface area (Å²) < 4.78 is 0. The van der Waals surface area contributed by atoms with E-state index in [1.54, 1.807) is 6.07 Å². The Morgan fingerprint density at radius 3 is 2.36 bits per heavy atom. The third kappa shape index (κ3) is 2.56. The van der Waals surface area contributed by atoms with Crippen LogP contribution in [-0.2, 0) is 0 Å². The minimum atomic E-state index is -0.481. The molecule has 22 heavy (non-hydrogen) atoms. The highest BCUT2D eigenvalue weighted by atomic mass is 35.5. The van der Waals surface area contributed by atoms with Crippen molar-refractivity contribution in [3.05, 3.63) is 63.1 Å². The van der Waals surface area contributed by atoms with E-state index >= 15 is 0 Å². The van der Waals surface area contributed by atoms with E-state index < -0.39 is 17.7 Å². The molecule has 2 aromatic carbocycles. The molecule has 0 aliphatic carbocycles. The second-order valence-electron chi connectivity index (χ2n) is 4.63. The monoisotopic (exact) mass is 334 g/mol. The van der Waals surface area contributed by atoms with Crippen molar-refractivity contribution in [3.63, 3.8) is 0 Å². The van der Waals surface area contributed by atoms with Crippen molar-refractivity contribution in [2.24, 2.45) is 0 Å². The normalized spacial score (nSPS) is 12.8. The summed E-state index contributed by atoms with van der Waals surface area (Å²) in [7, 11) is 0. The molecule has 5 nitrogen and oxygen atoms in total. The summed E-state index contributed by atoms with van der Waals surface area (Å²) in [5, 5.41) is 5.45. The molecule has 0 atom stereocenters. The number of hydrogen-bond acceptors (Lipinski definition) is 3. The Labute approximate surface area is 135 Å². The number of anilines is 1. The van der Waals surface area contributed by atoms with Gasteiger partial charge in [-0.15, -0.1) is 0 Å². The molecule has 0 unspecified atom stereocenters. The molecule has 7 heteroatoms. The molecule has 1 aliphatic rings. The van der Waals surface area contributed by atoms with E-state index in [0.29, 0.717) is 16.3 Å². The van der Waals surface area contributed by atoms with Gasteiger partial charge in [0.2, 0.25) is 0 Å². The van der Waals surface area contributed by atoms with Gasteiger partial charge < -0.3 is 5.32 Å². The Kier molecular flexibility index (Phi) is 3.60. The van der Waals surface area contributed by atoms with E-state index in [0.717, 1.165) is 0 Å². The molecule has 0 bridgehead atoms. The fourth-order valence-electron chi connectivity index (χ4n) is 2.09. The van der Waals surface area contributed by atoms with Crippen LogP contribution in [0.1, 0.15) is 31.1 Å². The second-order valence-corrected chi connectivity index (χ2v) is 5.44. The quantitative estimate of drug-likeness (QED) is 0.828. The number of halogens is 2. The van der Waals surface area contributed by atoms with Crippen molar-refractivity contribution >= 4 is 46.6 Å². The lowest BCUT2D eigenvalue weighted by molar-refractivity contribution is 0.0878. The van der Waals surface area contributed by atoms with Crippen molar-refractivity contribution in [3.8, 4) is 0 Å². The summed E-state index contributed by atoms with van der Waals surface area (Å²) in [6.07, 6.45) is 0. The molecule has 0 spiro atoms. The van der Waals surface area contributed by atoms with Gasteiger partial charge in [-0.2, -0.15) is 0 Å². The van der Waals surface area contributed by atoms with Crippen molar-refractivity contribution in [2.45, 2.75) is 0 Å². The number of imide groups is 1. The molecule has 3 amide bonds. The maximum Gasteiger partial charge on any atom is 0.259 e. The molecule has 1 heterocycles. The first-order valence-electron chi connectivity index (χ1n) is 6.22. The number of rotatable bonds is 2. The van der Waals surface area contributed by atoms with Gasteiger partial charge in [0.15, 0.2) is 0 Å². The Balaban J connectivity index is 1.86. The van der Waals surface area contributed by atoms with Crippen molar-refractivity contribution in [1.29, 1.82) is 0 Å². The van der Waals surface area contributed by atoms with Crippen LogP contribution >= 0.6 is 23.2 Å². The fraction of sp³-hybridized carbons (Fsp3) is 0. The van der Waals surface area contributed by atoms with Crippen LogP contribution in [0, 0.1) is 0 Å². The Morgan fingerprint density at radius 2 is 1.64 bits per heavy atom.